The SMILES string of the molecule is Cc1oc(-c2ccc(S(C)(=O)=O)cc2)nc1C(=O)O. The van der Waals surface area contributed by atoms with Gasteiger partial charge < -0.3 is 9.52 Å². The molecule has 0 amide bonds. The number of sulfone groups is 1. The smallest absolute Gasteiger partial charge is 0.358 e. The Labute approximate surface area is 109 Å². The zero-order valence-corrected chi connectivity index (χ0v) is 11.1. The molecular formula is C12H11NO5S. The second kappa shape index (κ2) is 4.51. The molecule has 0 atom stereocenters. The number of aromatic carboxylic acids is 1. The molecule has 100 valence electrons. The van der Waals surface area contributed by atoms with Crippen LogP contribution in [0.4, 0.5) is 0 Å². The molecule has 0 bridgehead atoms. The molecular weight excluding hydrogens is 270 g/mol. The summed E-state index contributed by atoms with van der Waals surface area (Å²) >= 11 is 0. The molecule has 0 radical (unpaired) electrons. The summed E-state index contributed by atoms with van der Waals surface area (Å²) in [6.07, 6.45) is 1.11. The van der Waals surface area contributed by atoms with Gasteiger partial charge >= 0.3 is 5.97 Å². The molecule has 0 saturated heterocycles. The summed E-state index contributed by atoms with van der Waals surface area (Å²) in [7, 11) is -3.26. The van der Waals surface area contributed by atoms with Crippen molar-refractivity contribution in [2.45, 2.75) is 11.8 Å². The normalized spacial score (nSPS) is 11.5. The van der Waals surface area contributed by atoms with Crippen molar-refractivity contribution in [3.63, 3.8) is 0 Å². The van der Waals surface area contributed by atoms with Crippen LogP contribution in [0.1, 0.15) is 16.2 Å². The average Bonchev–Trinajstić information content (AvgIpc) is 2.70. The van der Waals surface area contributed by atoms with Crippen LogP contribution in [0.2, 0.25) is 0 Å². The maximum atomic E-state index is 11.3. The highest BCUT2D eigenvalue weighted by atomic mass is 32.2. The van der Waals surface area contributed by atoms with Crippen LogP contribution in [0.5, 0.6) is 0 Å². The zero-order chi connectivity index (χ0) is 14.2. The van der Waals surface area contributed by atoms with E-state index in [4.69, 9.17) is 9.52 Å². The van der Waals surface area contributed by atoms with E-state index in [0.29, 0.717) is 5.56 Å². The Hall–Kier alpha value is -2.15. The maximum absolute atomic E-state index is 11.3. The van der Waals surface area contributed by atoms with Gasteiger partial charge in [0.1, 0.15) is 5.76 Å². The van der Waals surface area contributed by atoms with Gasteiger partial charge in [0.25, 0.3) is 0 Å². The van der Waals surface area contributed by atoms with Crippen molar-refractivity contribution in [1.29, 1.82) is 0 Å². The van der Waals surface area contributed by atoms with E-state index in [2.05, 4.69) is 4.98 Å². The number of oxazole rings is 1. The Morgan fingerprint density at radius 3 is 2.26 bits per heavy atom. The minimum atomic E-state index is -3.26. The predicted octanol–water partition coefficient (Wildman–Crippen LogP) is 1.75. The predicted molar refractivity (Wildman–Crippen MR) is 66.7 cm³/mol. The van der Waals surface area contributed by atoms with Crippen molar-refractivity contribution < 1.29 is 22.7 Å². The van der Waals surface area contributed by atoms with Crippen LogP contribution in [-0.2, 0) is 9.84 Å². The first-order chi connectivity index (χ1) is 8.79. The van der Waals surface area contributed by atoms with Crippen LogP contribution in [0.3, 0.4) is 0 Å². The summed E-state index contributed by atoms with van der Waals surface area (Å²) in [5.74, 6) is -0.815. The molecule has 2 rings (SSSR count). The number of hydrogen-bond donors (Lipinski definition) is 1. The summed E-state index contributed by atoms with van der Waals surface area (Å²) in [4.78, 5) is 14.9. The summed E-state index contributed by atoms with van der Waals surface area (Å²) in [6.45, 7) is 1.50. The number of hydrogen-bond acceptors (Lipinski definition) is 5. The molecule has 0 aliphatic carbocycles. The number of rotatable bonds is 3. The minimum absolute atomic E-state index is 0.148. The Balaban J connectivity index is 2.43. The Kier molecular flexibility index (Phi) is 3.15. The fourth-order valence-electron chi connectivity index (χ4n) is 1.56. The number of carbonyl (C=O) groups is 1. The largest absolute Gasteiger partial charge is 0.476 e. The Morgan fingerprint density at radius 1 is 1.26 bits per heavy atom. The molecule has 0 spiro atoms. The highest BCUT2D eigenvalue weighted by Gasteiger charge is 2.17. The minimum Gasteiger partial charge on any atom is -0.476 e. The van der Waals surface area contributed by atoms with Gasteiger partial charge in [0, 0.05) is 11.8 Å². The molecule has 19 heavy (non-hydrogen) atoms. The molecule has 0 unspecified atom stereocenters. The van der Waals surface area contributed by atoms with Gasteiger partial charge in [-0.2, -0.15) is 0 Å². The molecule has 1 heterocycles. The number of carboxylic acid groups (broad SMARTS) is 1. The lowest BCUT2D eigenvalue weighted by molar-refractivity contribution is 0.0689. The molecule has 7 heteroatoms. The quantitative estimate of drug-likeness (QED) is 0.920. The number of aromatic nitrogens is 1. The Morgan fingerprint density at radius 2 is 1.84 bits per heavy atom. The second-order valence-electron chi connectivity index (χ2n) is 4.03. The first-order valence-electron chi connectivity index (χ1n) is 5.30. The van der Waals surface area contributed by atoms with Crippen LogP contribution in [0.15, 0.2) is 33.6 Å². The van der Waals surface area contributed by atoms with Gasteiger partial charge in [-0.05, 0) is 31.2 Å². The van der Waals surface area contributed by atoms with Gasteiger partial charge in [0.05, 0.1) is 4.90 Å². The van der Waals surface area contributed by atoms with Crippen molar-refractivity contribution in [3.05, 3.63) is 35.7 Å². The van der Waals surface area contributed by atoms with Crippen LogP contribution in [0, 0.1) is 6.92 Å². The number of benzene rings is 1. The molecule has 0 aliphatic heterocycles. The first kappa shape index (κ1) is 13.3. The van der Waals surface area contributed by atoms with Crippen LogP contribution >= 0.6 is 0 Å². The van der Waals surface area contributed by atoms with E-state index in [1.807, 2.05) is 0 Å². The van der Waals surface area contributed by atoms with E-state index >= 15 is 0 Å². The average molecular weight is 281 g/mol. The monoisotopic (exact) mass is 281 g/mol. The van der Waals surface area contributed by atoms with E-state index in [-0.39, 0.29) is 22.2 Å². The van der Waals surface area contributed by atoms with Crippen molar-refractivity contribution >= 4 is 15.8 Å². The highest BCUT2D eigenvalue weighted by Crippen LogP contribution is 2.23. The van der Waals surface area contributed by atoms with E-state index < -0.39 is 15.8 Å². The molecule has 0 fully saturated rings. The van der Waals surface area contributed by atoms with E-state index in [1.54, 1.807) is 0 Å². The molecule has 0 aliphatic rings. The topological polar surface area (TPSA) is 97.5 Å². The summed E-state index contributed by atoms with van der Waals surface area (Å²) < 4.78 is 27.9. The molecule has 1 aromatic heterocycles. The van der Waals surface area contributed by atoms with Crippen molar-refractivity contribution in [2.24, 2.45) is 0 Å². The molecule has 6 nitrogen and oxygen atoms in total. The van der Waals surface area contributed by atoms with E-state index in [9.17, 15) is 13.2 Å². The van der Waals surface area contributed by atoms with Gasteiger partial charge in [0.2, 0.25) is 5.89 Å². The van der Waals surface area contributed by atoms with Gasteiger partial charge in [-0.15, -0.1) is 0 Å². The number of nitrogens with zero attached hydrogens (tertiary/aromatic N) is 1. The molecule has 1 aromatic carbocycles. The fourth-order valence-corrected chi connectivity index (χ4v) is 2.19. The highest BCUT2D eigenvalue weighted by molar-refractivity contribution is 7.90. The molecule has 0 saturated carbocycles. The van der Waals surface area contributed by atoms with Gasteiger partial charge in [-0.3, -0.25) is 0 Å². The zero-order valence-electron chi connectivity index (χ0n) is 10.2. The number of aryl methyl sites for hydroxylation is 1. The molecule has 2 aromatic rings. The van der Waals surface area contributed by atoms with Gasteiger partial charge in [0.15, 0.2) is 15.5 Å². The third-order valence-electron chi connectivity index (χ3n) is 2.53. The second-order valence-corrected chi connectivity index (χ2v) is 6.04. The first-order valence-corrected chi connectivity index (χ1v) is 7.19. The lowest BCUT2D eigenvalue weighted by atomic mass is 10.2. The third kappa shape index (κ3) is 2.65. The van der Waals surface area contributed by atoms with E-state index in [0.717, 1.165) is 6.26 Å². The van der Waals surface area contributed by atoms with Crippen LogP contribution in [-0.4, -0.2) is 30.7 Å². The summed E-state index contributed by atoms with van der Waals surface area (Å²) in [6, 6.07) is 5.88. The maximum Gasteiger partial charge on any atom is 0.358 e. The van der Waals surface area contributed by atoms with E-state index in [1.165, 1.54) is 31.2 Å². The van der Waals surface area contributed by atoms with Crippen LogP contribution < -0.4 is 0 Å². The van der Waals surface area contributed by atoms with Gasteiger partial charge in [-0.1, -0.05) is 0 Å². The van der Waals surface area contributed by atoms with Crippen molar-refractivity contribution in [1.82, 2.24) is 4.98 Å². The third-order valence-corrected chi connectivity index (χ3v) is 3.66. The Bertz CT molecular complexity index is 728. The lowest BCUT2D eigenvalue weighted by Crippen LogP contribution is -1.98. The lowest BCUT2D eigenvalue weighted by Gasteiger charge is -1.99. The standard InChI is InChI=1S/C12H11NO5S/c1-7-10(12(14)15)13-11(18-7)8-3-5-9(6-4-8)19(2,16)17/h3-6H,1-2H3,(H,14,15). The fraction of sp³-hybridized carbons (Fsp3) is 0.167. The summed E-state index contributed by atoms with van der Waals surface area (Å²) in [5.41, 5.74) is 0.366. The van der Waals surface area contributed by atoms with Crippen molar-refractivity contribution in [3.8, 4) is 11.5 Å². The molecule has 1 N–H and O–H groups in total. The number of carboxylic acids is 1. The van der Waals surface area contributed by atoms with Crippen LogP contribution in [0.25, 0.3) is 11.5 Å². The summed E-state index contributed by atoms with van der Waals surface area (Å²) in [5, 5.41) is 8.87. The van der Waals surface area contributed by atoms with Crippen molar-refractivity contribution in [2.75, 3.05) is 6.26 Å². The van der Waals surface area contributed by atoms with Gasteiger partial charge in [-0.25, -0.2) is 18.2 Å².